The molecule has 0 aliphatic carbocycles. The molecular formula is C32H33F2N3O6. The molecule has 0 fully saturated rings. The van der Waals surface area contributed by atoms with Gasteiger partial charge in [0, 0.05) is 17.5 Å². The summed E-state index contributed by atoms with van der Waals surface area (Å²) in [7, 11) is 0. The highest BCUT2D eigenvalue weighted by Crippen LogP contribution is 2.32. The molecule has 0 saturated heterocycles. The van der Waals surface area contributed by atoms with Crippen molar-refractivity contribution in [3.05, 3.63) is 89.5 Å². The van der Waals surface area contributed by atoms with E-state index in [9.17, 15) is 18.4 Å². The van der Waals surface area contributed by atoms with Crippen molar-refractivity contribution >= 4 is 29.4 Å². The van der Waals surface area contributed by atoms with Gasteiger partial charge in [-0.2, -0.15) is 14.0 Å². The SMILES string of the molecule is N#CCCOc1ccc(C(F)(F)Oc2ccc(/C=C/C(=O)OCCCCCCOC(=O)c3cc(N)cc(N)c3)cc2)cc1. The normalized spacial score (nSPS) is 11.1. The molecule has 0 saturated carbocycles. The van der Waals surface area contributed by atoms with Crippen LogP contribution in [-0.2, 0) is 20.4 Å². The highest BCUT2D eigenvalue weighted by Gasteiger charge is 2.34. The lowest BCUT2D eigenvalue weighted by Crippen LogP contribution is -2.21. The number of esters is 2. The number of hydrogen-bond acceptors (Lipinski definition) is 9. The third-order valence-electron chi connectivity index (χ3n) is 5.94. The molecule has 0 radical (unpaired) electrons. The molecule has 0 amide bonds. The van der Waals surface area contributed by atoms with E-state index < -0.39 is 18.0 Å². The van der Waals surface area contributed by atoms with Crippen LogP contribution in [0.15, 0.2) is 72.8 Å². The van der Waals surface area contributed by atoms with Gasteiger partial charge in [0.1, 0.15) is 18.1 Å². The lowest BCUT2D eigenvalue weighted by atomic mass is 10.2. The Morgan fingerprint density at radius 1 is 0.814 bits per heavy atom. The summed E-state index contributed by atoms with van der Waals surface area (Å²) in [5.74, 6) is -0.686. The number of halogens is 2. The second-order valence-corrected chi connectivity index (χ2v) is 9.41. The number of alkyl halides is 2. The Morgan fingerprint density at radius 3 is 2.05 bits per heavy atom. The summed E-state index contributed by atoms with van der Waals surface area (Å²) in [4.78, 5) is 24.0. The molecule has 4 N–H and O–H groups in total. The molecule has 0 unspecified atom stereocenters. The van der Waals surface area contributed by atoms with E-state index in [0.29, 0.717) is 41.1 Å². The minimum Gasteiger partial charge on any atom is -0.493 e. The van der Waals surface area contributed by atoms with Gasteiger partial charge in [-0.1, -0.05) is 12.1 Å². The summed E-state index contributed by atoms with van der Waals surface area (Å²) in [5.41, 5.74) is 12.7. The summed E-state index contributed by atoms with van der Waals surface area (Å²) >= 11 is 0. The molecule has 0 aliphatic rings. The topological polar surface area (TPSA) is 147 Å². The zero-order valence-corrected chi connectivity index (χ0v) is 23.5. The second kappa shape index (κ2) is 16.4. The fourth-order valence-corrected chi connectivity index (χ4v) is 3.80. The maximum Gasteiger partial charge on any atom is 0.426 e. The number of ether oxygens (including phenoxy) is 4. The molecule has 0 bridgehead atoms. The second-order valence-electron chi connectivity index (χ2n) is 9.41. The van der Waals surface area contributed by atoms with Crippen LogP contribution in [0, 0.1) is 11.3 Å². The van der Waals surface area contributed by atoms with Crippen molar-refractivity contribution in [1.82, 2.24) is 0 Å². The largest absolute Gasteiger partial charge is 0.493 e. The number of carbonyl (C=O) groups excluding carboxylic acids is 2. The van der Waals surface area contributed by atoms with Crippen molar-refractivity contribution in [1.29, 1.82) is 5.26 Å². The number of benzene rings is 3. The Kier molecular flexibility index (Phi) is 12.3. The monoisotopic (exact) mass is 593 g/mol. The molecular weight excluding hydrogens is 560 g/mol. The van der Waals surface area contributed by atoms with E-state index in [2.05, 4.69) is 0 Å². The third kappa shape index (κ3) is 11.4. The van der Waals surface area contributed by atoms with Crippen LogP contribution in [0.5, 0.6) is 11.5 Å². The first-order chi connectivity index (χ1) is 20.7. The molecule has 3 rings (SSSR count). The number of unbranched alkanes of at least 4 members (excludes halogenated alkanes) is 3. The summed E-state index contributed by atoms with van der Waals surface area (Å²) < 4.78 is 49.7. The number of nitrogen functional groups attached to an aromatic ring is 2. The Labute approximate surface area is 248 Å². The van der Waals surface area contributed by atoms with Crippen molar-refractivity contribution in [2.45, 2.75) is 38.2 Å². The van der Waals surface area contributed by atoms with Crippen LogP contribution in [0.3, 0.4) is 0 Å². The number of carbonyl (C=O) groups is 2. The van der Waals surface area contributed by atoms with Crippen LogP contribution in [-0.4, -0.2) is 31.8 Å². The van der Waals surface area contributed by atoms with Crippen molar-refractivity contribution < 1.29 is 37.3 Å². The van der Waals surface area contributed by atoms with Crippen LogP contribution >= 0.6 is 0 Å². The summed E-state index contributed by atoms with van der Waals surface area (Å²) in [6.45, 7) is 0.665. The fraction of sp³-hybridized carbons (Fsp3) is 0.281. The van der Waals surface area contributed by atoms with Crippen LogP contribution < -0.4 is 20.9 Å². The standard InChI is InChI=1S/C32H33F2N3O6/c33-32(34,25-9-13-28(14-10-25)40-19-5-16-35)43-29-11-6-23(7-12-29)8-15-30(38)41-17-3-1-2-4-18-42-31(39)24-20-26(36)22-27(37)21-24/h6-15,20-22H,1-5,17-19,36-37H2/b15-8+. The zero-order valence-electron chi connectivity index (χ0n) is 23.5. The molecule has 9 nitrogen and oxygen atoms in total. The van der Waals surface area contributed by atoms with Gasteiger partial charge < -0.3 is 30.4 Å². The maximum absolute atomic E-state index is 14.6. The highest BCUT2D eigenvalue weighted by atomic mass is 19.3. The van der Waals surface area contributed by atoms with Crippen molar-refractivity contribution in [2.75, 3.05) is 31.3 Å². The first kappa shape index (κ1) is 32.4. The average Bonchev–Trinajstić information content (AvgIpc) is 2.98. The molecule has 0 spiro atoms. The number of nitrogens with two attached hydrogens (primary N) is 2. The van der Waals surface area contributed by atoms with Gasteiger partial charge in [0.05, 0.1) is 36.8 Å². The van der Waals surface area contributed by atoms with Crippen LogP contribution in [0.4, 0.5) is 20.2 Å². The number of nitriles is 1. The smallest absolute Gasteiger partial charge is 0.426 e. The molecule has 0 atom stereocenters. The molecule has 226 valence electrons. The van der Waals surface area contributed by atoms with E-state index in [1.54, 1.807) is 6.07 Å². The summed E-state index contributed by atoms with van der Waals surface area (Å²) in [6.07, 6.45) is 2.27. The minimum atomic E-state index is -3.58. The Morgan fingerprint density at radius 2 is 1.42 bits per heavy atom. The predicted molar refractivity (Wildman–Crippen MR) is 157 cm³/mol. The van der Waals surface area contributed by atoms with Gasteiger partial charge >= 0.3 is 18.0 Å². The van der Waals surface area contributed by atoms with E-state index >= 15 is 0 Å². The lowest BCUT2D eigenvalue weighted by Gasteiger charge is -2.18. The first-order valence-electron chi connectivity index (χ1n) is 13.6. The average molecular weight is 594 g/mol. The van der Waals surface area contributed by atoms with E-state index in [0.717, 1.165) is 12.8 Å². The van der Waals surface area contributed by atoms with Crippen LogP contribution in [0.1, 0.15) is 53.6 Å². The zero-order chi connectivity index (χ0) is 31.1. The molecule has 0 heterocycles. The molecule has 0 aliphatic heterocycles. The maximum atomic E-state index is 14.6. The number of rotatable bonds is 16. The van der Waals surface area contributed by atoms with Crippen LogP contribution in [0.2, 0.25) is 0 Å². The minimum absolute atomic E-state index is 0.0525. The Hall–Kier alpha value is -5.11. The van der Waals surface area contributed by atoms with Gasteiger partial charge in [0.2, 0.25) is 0 Å². The van der Waals surface area contributed by atoms with E-state index in [-0.39, 0.29) is 37.6 Å². The highest BCUT2D eigenvalue weighted by molar-refractivity contribution is 5.91. The number of anilines is 2. The van der Waals surface area contributed by atoms with Crippen molar-refractivity contribution in [3.63, 3.8) is 0 Å². The predicted octanol–water partition coefficient (Wildman–Crippen LogP) is 6.25. The number of nitrogens with zero attached hydrogens (tertiary/aromatic N) is 1. The molecule has 11 heteroatoms. The van der Waals surface area contributed by atoms with E-state index in [1.165, 1.54) is 72.8 Å². The Balaban J connectivity index is 1.31. The summed E-state index contributed by atoms with van der Waals surface area (Å²) in [5, 5.41) is 8.53. The molecule has 43 heavy (non-hydrogen) atoms. The van der Waals surface area contributed by atoms with Gasteiger partial charge in [0.15, 0.2) is 0 Å². The van der Waals surface area contributed by atoms with Gasteiger partial charge in [-0.05, 0) is 91.9 Å². The lowest BCUT2D eigenvalue weighted by molar-refractivity contribution is -0.185. The summed E-state index contributed by atoms with van der Waals surface area (Å²) in [6, 6.07) is 17.5. The van der Waals surface area contributed by atoms with Gasteiger partial charge in [0.25, 0.3) is 0 Å². The molecule has 3 aromatic rings. The fourth-order valence-electron chi connectivity index (χ4n) is 3.80. The van der Waals surface area contributed by atoms with Crippen molar-refractivity contribution in [2.24, 2.45) is 0 Å². The quantitative estimate of drug-likeness (QED) is 0.0852. The van der Waals surface area contributed by atoms with Gasteiger partial charge in [-0.3, -0.25) is 0 Å². The van der Waals surface area contributed by atoms with E-state index in [1.807, 2.05) is 6.07 Å². The first-order valence-corrected chi connectivity index (χ1v) is 13.6. The van der Waals surface area contributed by atoms with E-state index in [4.69, 9.17) is 35.7 Å². The Bertz CT molecular complexity index is 1400. The number of hydrogen-bond donors (Lipinski definition) is 2. The molecule has 3 aromatic carbocycles. The van der Waals surface area contributed by atoms with Crippen molar-refractivity contribution in [3.8, 4) is 17.6 Å². The van der Waals surface area contributed by atoms with Gasteiger partial charge in [-0.15, -0.1) is 0 Å². The van der Waals surface area contributed by atoms with Gasteiger partial charge in [-0.25, -0.2) is 9.59 Å². The third-order valence-corrected chi connectivity index (χ3v) is 5.94. The molecule has 0 aromatic heterocycles. The van der Waals surface area contributed by atoms with Crippen LogP contribution in [0.25, 0.3) is 6.08 Å².